The molecule has 7 rings (SSSR count). The summed E-state index contributed by atoms with van der Waals surface area (Å²) in [4.78, 5) is 42.7. The lowest BCUT2D eigenvalue weighted by Gasteiger charge is -2.50. The van der Waals surface area contributed by atoms with Crippen LogP contribution in [0.15, 0.2) is 95.8 Å². The summed E-state index contributed by atoms with van der Waals surface area (Å²) < 4.78 is 11.7. The number of carbonyl (C=O) groups is 2. The van der Waals surface area contributed by atoms with Crippen molar-refractivity contribution in [1.29, 1.82) is 0 Å². The molecule has 0 saturated carbocycles. The van der Waals surface area contributed by atoms with Crippen molar-refractivity contribution in [2.75, 3.05) is 18.6 Å². The number of ether oxygens (including phenoxy) is 1. The maximum atomic E-state index is 14.0. The average molecular weight is 700 g/mol. The van der Waals surface area contributed by atoms with E-state index in [0.29, 0.717) is 11.4 Å². The summed E-state index contributed by atoms with van der Waals surface area (Å²) >= 11 is 9.99. The number of benzene rings is 3. The Balaban J connectivity index is 1.24. The number of nitrogen functional groups attached to an aromatic ring is 1. The predicted molar refractivity (Wildman–Crippen MR) is 188 cm³/mol. The third-order valence-electron chi connectivity index (χ3n) is 7.48. The van der Waals surface area contributed by atoms with Crippen molar-refractivity contribution < 1.29 is 19.2 Å². The summed E-state index contributed by atoms with van der Waals surface area (Å²) in [7, 11) is 1.30. The Morgan fingerprint density at radius 1 is 1.04 bits per heavy atom. The van der Waals surface area contributed by atoms with E-state index < -0.39 is 23.4 Å². The fourth-order valence-electron chi connectivity index (χ4n) is 5.34. The summed E-state index contributed by atoms with van der Waals surface area (Å²) in [6.45, 7) is 0. The molecule has 2 aliphatic rings. The first kappa shape index (κ1) is 30.9. The topological polar surface area (TPSA) is 145 Å². The minimum Gasteiger partial charge on any atom is -0.469 e. The van der Waals surface area contributed by atoms with Gasteiger partial charge >= 0.3 is 0 Å². The first-order chi connectivity index (χ1) is 22.9. The van der Waals surface area contributed by atoms with Crippen molar-refractivity contribution in [3.8, 4) is 0 Å². The fourth-order valence-corrected chi connectivity index (χ4v) is 8.54. The van der Waals surface area contributed by atoms with Gasteiger partial charge in [-0.3, -0.25) is 14.5 Å². The second kappa shape index (κ2) is 13.2. The molecule has 236 valence electrons. The molecule has 0 spiro atoms. The molecule has 1 fully saturated rings. The number of hydrogen-bond acceptors (Lipinski definition) is 13. The first-order valence-electron chi connectivity index (χ1n) is 14.3. The number of nitrogens with one attached hydrogen (secondary N) is 1. The molecular weight excluding hydrogens is 675 g/mol. The molecule has 1 saturated heterocycles. The van der Waals surface area contributed by atoms with Gasteiger partial charge in [0.25, 0.3) is 11.8 Å². The van der Waals surface area contributed by atoms with Crippen LogP contribution < -0.4 is 11.1 Å². The highest BCUT2D eigenvalue weighted by atomic mass is 32.2. The number of carbonyl (C=O) groups excluding carboxylic acids is 2. The van der Waals surface area contributed by atoms with Crippen molar-refractivity contribution in [2.45, 2.75) is 17.5 Å². The number of para-hydroxylation sites is 1. The summed E-state index contributed by atoms with van der Waals surface area (Å²) in [6, 6.07) is 26.6. The Kier molecular flexibility index (Phi) is 8.68. The van der Waals surface area contributed by atoms with Crippen LogP contribution in [-0.2, 0) is 19.2 Å². The summed E-state index contributed by atoms with van der Waals surface area (Å²) in [5.74, 6) is -0.538. The molecule has 0 bridgehead atoms. The van der Waals surface area contributed by atoms with Crippen molar-refractivity contribution in [3.05, 3.63) is 113 Å². The van der Waals surface area contributed by atoms with E-state index >= 15 is 0 Å². The molecule has 2 amide bonds. The average Bonchev–Trinajstić information content (AvgIpc) is 3.74. The molecule has 3 aromatic carbocycles. The van der Waals surface area contributed by atoms with Crippen LogP contribution in [0.2, 0.25) is 0 Å². The zero-order valence-corrected chi connectivity index (χ0v) is 27.9. The lowest BCUT2D eigenvalue weighted by molar-refractivity contribution is -0.144. The normalized spacial score (nSPS) is 17.8. The van der Waals surface area contributed by atoms with E-state index in [4.69, 9.17) is 32.5 Å². The number of thiocarbonyl (C=S) groups is 1. The standard InChI is InChI=1S/C32H25N7O4S4/c1-42-37-22(26-36-32(33)47-38-26)27(40)35-23-29(41)39-24(19(16-45-30(23)39)28-34-20-14-8-9-15-21(20)46-28)31(44)43-25(17-10-4-2-5-11-17)18-12-6-3-7-13-18/h2-15,23,25,30H,16H2,1H3,(H,35,40)(H2,33,36,38)/b37-22+/t23?,30-/m1/s1. The number of thiazole rings is 1. The summed E-state index contributed by atoms with van der Waals surface area (Å²) in [5.41, 5.74) is 9.46. The van der Waals surface area contributed by atoms with E-state index in [1.54, 1.807) is 4.90 Å². The molecule has 0 aliphatic carbocycles. The monoisotopic (exact) mass is 699 g/mol. The minimum absolute atomic E-state index is 0.00734. The van der Waals surface area contributed by atoms with E-state index in [1.165, 1.54) is 30.2 Å². The molecule has 3 N–H and O–H groups in total. The molecule has 2 atom stereocenters. The first-order valence-corrected chi connectivity index (χ1v) is 17.3. The molecule has 2 aliphatic heterocycles. The van der Waals surface area contributed by atoms with E-state index in [2.05, 4.69) is 19.8 Å². The van der Waals surface area contributed by atoms with Gasteiger partial charge in [0.1, 0.15) is 35.3 Å². The van der Waals surface area contributed by atoms with Gasteiger partial charge in [-0.2, -0.15) is 9.36 Å². The van der Waals surface area contributed by atoms with Crippen molar-refractivity contribution in [2.24, 2.45) is 5.16 Å². The molecule has 4 heterocycles. The van der Waals surface area contributed by atoms with Crippen LogP contribution in [0.1, 0.15) is 28.1 Å². The van der Waals surface area contributed by atoms with E-state index in [1.807, 2.05) is 84.9 Å². The van der Waals surface area contributed by atoms with Gasteiger partial charge in [-0.15, -0.1) is 23.1 Å². The van der Waals surface area contributed by atoms with Gasteiger partial charge in [0.15, 0.2) is 5.13 Å². The van der Waals surface area contributed by atoms with Crippen molar-refractivity contribution in [3.63, 3.8) is 0 Å². The van der Waals surface area contributed by atoms with Crippen molar-refractivity contribution in [1.82, 2.24) is 24.6 Å². The van der Waals surface area contributed by atoms with Crippen LogP contribution in [-0.4, -0.2) is 66.1 Å². The number of hydrogen-bond donors (Lipinski definition) is 2. The molecule has 0 radical (unpaired) electrons. The van der Waals surface area contributed by atoms with Gasteiger partial charge in [-0.05, 0) is 35.5 Å². The molecule has 11 nitrogen and oxygen atoms in total. The molecule has 2 aromatic heterocycles. The van der Waals surface area contributed by atoms with Gasteiger partial charge in [0.05, 0.1) is 10.2 Å². The van der Waals surface area contributed by atoms with E-state index in [-0.39, 0.29) is 27.6 Å². The predicted octanol–water partition coefficient (Wildman–Crippen LogP) is 5.03. The quantitative estimate of drug-likeness (QED) is 0.0931. The minimum atomic E-state index is -0.876. The van der Waals surface area contributed by atoms with Crippen LogP contribution in [0.5, 0.6) is 0 Å². The maximum Gasteiger partial charge on any atom is 0.278 e. The van der Waals surface area contributed by atoms with Crippen LogP contribution in [0.4, 0.5) is 5.13 Å². The highest BCUT2D eigenvalue weighted by Gasteiger charge is 2.54. The summed E-state index contributed by atoms with van der Waals surface area (Å²) in [5, 5.41) is 7.19. The number of amides is 2. The third kappa shape index (κ3) is 5.98. The van der Waals surface area contributed by atoms with Crippen LogP contribution in [0.3, 0.4) is 0 Å². The number of anilines is 1. The SMILES string of the molecule is CO/N=C(/C(=O)NC1C(=O)N2C(C(=S)OC(c3ccccc3)c3ccccc3)=C(c3nc4ccccc4s3)CS[C@H]12)c1nsc(N)n1. The second-order valence-electron chi connectivity index (χ2n) is 10.4. The van der Waals surface area contributed by atoms with Gasteiger partial charge in [0.2, 0.25) is 16.6 Å². The number of β-lactam (4-membered cyclic amide) rings is 1. The van der Waals surface area contributed by atoms with Crippen LogP contribution in [0, 0.1) is 0 Å². The Morgan fingerprint density at radius 2 is 1.72 bits per heavy atom. The Morgan fingerprint density at radius 3 is 2.36 bits per heavy atom. The third-order valence-corrected chi connectivity index (χ3v) is 10.7. The highest BCUT2D eigenvalue weighted by molar-refractivity contribution is 8.00. The lowest BCUT2D eigenvalue weighted by Crippen LogP contribution is -2.71. The molecule has 5 aromatic rings. The highest BCUT2D eigenvalue weighted by Crippen LogP contribution is 2.46. The van der Waals surface area contributed by atoms with Gasteiger partial charge in [-0.25, -0.2) is 4.98 Å². The molecule has 47 heavy (non-hydrogen) atoms. The number of nitrogens with two attached hydrogens (primary N) is 1. The number of fused-ring (bicyclic) bond motifs is 2. The molecular formula is C32H25N7O4S4. The Labute approximate surface area is 286 Å². The van der Waals surface area contributed by atoms with Gasteiger partial charge < -0.3 is 20.6 Å². The maximum absolute atomic E-state index is 14.0. The fraction of sp³-hybridized carbons (Fsp3) is 0.156. The smallest absolute Gasteiger partial charge is 0.278 e. The van der Waals surface area contributed by atoms with E-state index in [9.17, 15) is 9.59 Å². The molecule has 1 unspecified atom stereocenters. The van der Waals surface area contributed by atoms with Crippen LogP contribution in [0.25, 0.3) is 15.8 Å². The Hall–Kier alpha value is -4.70. The van der Waals surface area contributed by atoms with Crippen LogP contribution >= 0.6 is 46.8 Å². The zero-order valence-electron chi connectivity index (χ0n) is 24.6. The van der Waals surface area contributed by atoms with Gasteiger partial charge in [-0.1, -0.05) is 78.0 Å². The Bertz CT molecular complexity index is 1980. The zero-order chi connectivity index (χ0) is 32.5. The van der Waals surface area contributed by atoms with Gasteiger partial charge in [0, 0.05) is 22.9 Å². The summed E-state index contributed by atoms with van der Waals surface area (Å²) in [6.07, 6.45) is -0.528. The number of oxime groups is 1. The number of nitrogens with zero attached hydrogens (tertiary/aromatic N) is 5. The number of aromatic nitrogens is 3. The number of rotatable bonds is 9. The van der Waals surface area contributed by atoms with Crippen molar-refractivity contribution >= 4 is 90.3 Å². The number of thioether (sulfide) groups is 1. The largest absolute Gasteiger partial charge is 0.469 e. The lowest BCUT2D eigenvalue weighted by atomic mass is 10.0. The van der Waals surface area contributed by atoms with E-state index in [0.717, 1.165) is 43.5 Å². The molecule has 15 heteroatoms. The second-order valence-corrected chi connectivity index (χ2v) is 13.7.